The van der Waals surface area contributed by atoms with Crippen LogP contribution in [0.25, 0.3) is 0 Å². The Balaban J connectivity index is 2.06. The van der Waals surface area contributed by atoms with Crippen LogP contribution in [0.2, 0.25) is 0 Å². The van der Waals surface area contributed by atoms with Gasteiger partial charge in [0.2, 0.25) is 0 Å². The summed E-state index contributed by atoms with van der Waals surface area (Å²) in [6, 6.07) is 2.03. The van der Waals surface area contributed by atoms with Crippen molar-refractivity contribution in [2.24, 2.45) is 5.92 Å². The molecule has 1 heterocycles. The Morgan fingerprint density at radius 2 is 2.33 bits per heavy atom. The molecule has 0 radical (unpaired) electrons. The number of carbonyl (C=O) groups is 1. The molecule has 4 heteroatoms. The first-order valence-electron chi connectivity index (χ1n) is 5.11. The Bertz CT molecular complexity index is 370. The zero-order chi connectivity index (χ0) is 11.0. The van der Waals surface area contributed by atoms with E-state index in [0.717, 1.165) is 0 Å². The molecule has 1 fully saturated rings. The molecule has 0 bridgehead atoms. The third-order valence-electron chi connectivity index (χ3n) is 3.05. The van der Waals surface area contributed by atoms with Crippen LogP contribution < -0.4 is 0 Å². The maximum absolute atomic E-state index is 12.0. The van der Waals surface area contributed by atoms with Gasteiger partial charge in [-0.2, -0.15) is 0 Å². The molecule has 0 aromatic carbocycles. The smallest absolute Gasteiger partial charge is 0.257 e. The molecule has 0 spiro atoms. The highest BCUT2D eigenvalue weighted by Gasteiger charge is 2.32. The van der Waals surface area contributed by atoms with Crippen LogP contribution >= 0.6 is 15.9 Å². The Morgan fingerprint density at radius 3 is 2.80 bits per heavy atom. The second-order valence-electron chi connectivity index (χ2n) is 4.13. The van der Waals surface area contributed by atoms with Crippen LogP contribution in [0.4, 0.5) is 0 Å². The van der Waals surface area contributed by atoms with E-state index in [4.69, 9.17) is 4.42 Å². The molecule has 1 aliphatic rings. The van der Waals surface area contributed by atoms with Crippen LogP contribution in [0.3, 0.4) is 0 Å². The number of furan rings is 1. The molecule has 15 heavy (non-hydrogen) atoms. The largest absolute Gasteiger partial charge is 0.457 e. The Morgan fingerprint density at radius 1 is 1.67 bits per heavy atom. The van der Waals surface area contributed by atoms with E-state index in [1.165, 1.54) is 19.1 Å². The lowest BCUT2D eigenvalue weighted by Crippen LogP contribution is -2.36. The van der Waals surface area contributed by atoms with Crippen molar-refractivity contribution in [3.63, 3.8) is 0 Å². The summed E-state index contributed by atoms with van der Waals surface area (Å²) in [6.07, 6.45) is 3.98. The second kappa shape index (κ2) is 4.00. The summed E-state index contributed by atoms with van der Waals surface area (Å²) in [5.41, 5.74) is 0.608. The van der Waals surface area contributed by atoms with E-state index in [-0.39, 0.29) is 5.91 Å². The first kappa shape index (κ1) is 10.7. The van der Waals surface area contributed by atoms with Crippen molar-refractivity contribution in [1.82, 2.24) is 4.90 Å². The molecule has 0 aliphatic heterocycles. The quantitative estimate of drug-likeness (QED) is 0.847. The van der Waals surface area contributed by atoms with Gasteiger partial charge in [-0.05, 0) is 41.6 Å². The Hall–Kier alpha value is -0.770. The van der Waals surface area contributed by atoms with Gasteiger partial charge in [0.1, 0.15) is 6.26 Å². The molecule has 82 valence electrons. The molecule has 1 atom stereocenters. The third kappa shape index (κ3) is 2.25. The number of hydrogen-bond donors (Lipinski definition) is 0. The maximum atomic E-state index is 12.0. The zero-order valence-electron chi connectivity index (χ0n) is 8.87. The summed E-state index contributed by atoms with van der Waals surface area (Å²) in [7, 11) is 1.85. The van der Waals surface area contributed by atoms with Crippen molar-refractivity contribution in [2.45, 2.75) is 25.8 Å². The number of carbonyl (C=O) groups excluding carboxylic acids is 1. The van der Waals surface area contributed by atoms with E-state index in [1.807, 2.05) is 7.05 Å². The van der Waals surface area contributed by atoms with Crippen molar-refractivity contribution in [2.75, 3.05) is 7.05 Å². The standard InChI is InChI=1S/C11H14BrNO2/c1-7(8-3-4-8)13(2)11(14)9-5-10(12)15-6-9/h5-8H,3-4H2,1-2H3. The number of rotatable bonds is 3. The topological polar surface area (TPSA) is 33.5 Å². The van der Waals surface area contributed by atoms with Crippen molar-refractivity contribution < 1.29 is 9.21 Å². The number of hydrogen-bond acceptors (Lipinski definition) is 2. The molecule has 1 aromatic heterocycles. The van der Waals surface area contributed by atoms with Crippen molar-refractivity contribution in [3.8, 4) is 0 Å². The van der Waals surface area contributed by atoms with Gasteiger partial charge in [0, 0.05) is 19.2 Å². The molecular weight excluding hydrogens is 258 g/mol. The van der Waals surface area contributed by atoms with Crippen molar-refractivity contribution >= 4 is 21.8 Å². The van der Waals surface area contributed by atoms with Crippen molar-refractivity contribution in [3.05, 3.63) is 22.6 Å². The average molecular weight is 272 g/mol. The van der Waals surface area contributed by atoms with E-state index in [9.17, 15) is 4.79 Å². The Labute approximate surface area is 97.6 Å². The summed E-state index contributed by atoms with van der Waals surface area (Å²) < 4.78 is 5.66. The minimum absolute atomic E-state index is 0.0313. The predicted octanol–water partition coefficient (Wildman–Crippen LogP) is 2.91. The Kier molecular flexibility index (Phi) is 2.87. The summed E-state index contributed by atoms with van der Waals surface area (Å²) in [6.45, 7) is 2.10. The number of nitrogens with zero attached hydrogens (tertiary/aromatic N) is 1. The van der Waals surface area contributed by atoms with Crippen LogP contribution in [-0.4, -0.2) is 23.9 Å². The molecule has 1 saturated carbocycles. The lowest BCUT2D eigenvalue weighted by Gasteiger charge is -2.24. The van der Waals surface area contributed by atoms with Gasteiger partial charge < -0.3 is 9.32 Å². The van der Waals surface area contributed by atoms with Gasteiger partial charge in [-0.3, -0.25) is 4.79 Å². The van der Waals surface area contributed by atoms with Gasteiger partial charge >= 0.3 is 0 Å². The summed E-state index contributed by atoms with van der Waals surface area (Å²) >= 11 is 3.19. The predicted molar refractivity (Wildman–Crippen MR) is 60.7 cm³/mol. The molecule has 1 aromatic rings. The van der Waals surface area contributed by atoms with Crippen LogP contribution in [0.5, 0.6) is 0 Å². The number of halogens is 1. The lowest BCUT2D eigenvalue weighted by molar-refractivity contribution is 0.0726. The van der Waals surface area contributed by atoms with E-state index >= 15 is 0 Å². The molecular formula is C11H14BrNO2. The highest BCUT2D eigenvalue weighted by atomic mass is 79.9. The second-order valence-corrected chi connectivity index (χ2v) is 4.92. The minimum Gasteiger partial charge on any atom is -0.457 e. The van der Waals surface area contributed by atoms with E-state index < -0.39 is 0 Å². The molecule has 1 amide bonds. The van der Waals surface area contributed by atoms with Crippen LogP contribution in [0.1, 0.15) is 30.1 Å². The first-order chi connectivity index (χ1) is 7.09. The first-order valence-corrected chi connectivity index (χ1v) is 5.90. The molecule has 1 unspecified atom stereocenters. The van der Waals surface area contributed by atoms with Gasteiger partial charge in [-0.1, -0.05) is 0 Å². The van der Waals surface area contributed by atoms with Gasteiger partial charge in [0.25, 0.3) is 5.91 Å². The highest BCUT2D eigenvalue weighted by Crippen LogP contribution is 2.35. The molecule has 1 aliphatic carbocycles. The fourth-order valence-corrected chi connectivity index (χ4v) is 2.05. The molecule has 0 N–H and O–H groups in total. The molecule has 0 saturated heterocycles. The normalized spacial score (nSPS) is 17.5. The fraction of sp³-hybridized carbons (Fsp3) is 0.545. The van der Waals surface area contributed by atoms with Gasteiger partial charge in [0.05, 0.1) is 5.56 Å². The van der Waals surface area contributed by atoms with E-state index in [2.05, 4.69) is 22.9 Å². The minimum atomic E-state index is 0.0313. The molecule has 3 nitrogen and oxygen atoms in total. The third-order valence-corrected chi connectivity index (χ3v) is 3.47. The lowest BCUT2D eigenvalue weighted by atomic mass is 10.1. The highest BCUT2D eigenvalue weighted by molar-refractivity contribution is 9.10. The van der Waals surface area contributed by atoms with Crippen molar-refractivity contribution in [1.29, 1.82) is 0 Å². The van der Waals surface area contributed by atoms with Crippen LogP contribution in [-0.2, 0) is 0 Å². The summed E-state index contributed by atoms with van der Waals surface area (Å²) in [5, 5.41) is 0. The SMILES string of the molecule is CC(C1CC1)N(C)C(=O)c1coc(Br)c1. The van der Waals surface area contributed by atoms with Gasteiger partial charge in [-0.15, -0.1) is 0 Å². The summed E-state index contributed by atoms with van der Waals surface area (Å²) in [5.74, 6) is 0.721. The number of amides is 1. The van der Waals surface area contributed by atoms with Crippen LogP contribution in [0, 0.1) is 5.92 Å². The van der Waals surface area contributed by atoms with Gasteiger partial charge in [0.15, 0.2) is 4.67 Å². The zero-order valence-corrected chi connectivity index (χ0v) is 10.5. The monoisotopic (exact) mass is 271 g/mol. The average Bonchev–Trinajstić information content (AvgIpc) is 2.98. The summed E-state index contributed by atoms with van der Waals surface area (Å²) in [4.78, 5) is 13.8. The maximum Gasteiger partial charge on any atom is 0.257 e. The van der Waals surface area contributed by atoms with Gasteiger partial charge in [-0.25, -0.2) is 0 Å². The van der Waals surface area contributed by atoms with E-state index in [1.54, 1.807) is 11.0 Å². The molecule has 2 rings (SSSR count). The fourth-order valence-electron chi connectivity index (χ4n) is 1.71. The van der Waals surface area contributed by atoms with Crippen LogP contribution in [0.15, 0.2) is 21.4 Å². The van der Waals surface area contributed by atoms with E-state index in [0.29, 0.717) is 22.2 Å².